The lowest BCUT2D eigenvalue weighted by Gasteiger charge is -2.39. The molecule has 3 aliphatic carbocycles. The van der Waals surface area contributed by atoms with Crippen molar-refractivity contribution >= 4 is 27.4 Å². The fourth-order valence-electron chi connectivity index (χ4n) is 7.70. The van der Waals surface area contributed by atoms with Crippen molar-refractivity contribution < 1.29 is 4.42 Å². The first kappa shape index (κ1) is 20.6. The van der Waals surface area contributed by atoms with Crippen molar-refractivity contribution in [2.24, 2.45) is 5.92 Å². The van der Waals surface area contributed by atoms with Crippen LogP contribution in [-0.2, 0) is 5.41 Å². The summed E-state index contributed by atoms with van der Waals surface area (Å²) < 4.78 is 9.29. The summed E-state index contributed by atoms with van der Waals surface area (Å²) in [6.45, 7) is 4.59. The van der Waals surface area contributed by atoms with E-state index in [4.69, 9.17) is 4.42 Å². The van der Waals surface area contributed by atoms with Gasteiger partial charge in [0.25, 0.3) is 0 Å². The number of hydrogen-bond donors (Lipinski definition) is 0. The Morgan fingerprint density at radius 3 is 2.34 bits per heavy atom. The molecule has 4 aromatic rings. The van der Waals surface area contributed by atoms with Crippen molar-refractivity contribution in [2.45, 2.75) is 63.7 Å². The number of benzene rings is 2. The van der Waals surface area contributed by atoms with Crippen LogP contribution in [0.1, 0.15) is 80.7 Å². The predicted molar refractivity (Wildman–Crippen MR) is 137 cm³/mol. The van der Waals surface area contributed by atoms with E-state index < -0.39 is 0 Å². The number of fused-ring (bicyclic) bond motifs is 7. The van der Waals surface area contributed by atoms with E-state index in [2.05, 4.69) is 73.0 Å². The van der Waals surface area contributed by atoms with E-state index >= 15 is 0 Å². The molecule has 8 rings (SSSR count). The third-order valence-corrected chi connectivity index (χ3v) is 9.31. The Balaban J connectivity index is 1.71. The number of rotatable bonds is 2. The van der Waals surface area contributed by atoms with Gasteiger partial charge in [0, 0.05) is 32.9 Å². The van der Waals surface area contributed by atoms with E-state index in [1.807, 2.05) is 0 Å². The van der Waals surface area contributed by atoms with Crippen molar-refractivity contribution in [2.75, 3.05) is 0 Å². The van der Waals surface area contributed by atoms with Gasteiger partial charge in [0.05, 0.1) is 11.0 Å². The highest BCUT2D eigenvalue weighted by Crippen LogP contribution is 2.59. The van der Waals surface area contributed by atoms with Gasteiger partial charge in [-0.15, -0.1) is 0 Å². The summed E-state index contributed by atoms with van der Waals surface area (Å²) >= 11 is 0. The molecule has 1 aliphatic heterocycles. The van der Waals surface area contributed by atoms with Crippen LogP contribution in [0.2, 0.25) is 0 Å². The van der Waals surface area contributed by atoms with Gasteiger partial charge in [0.1, 0.15) is 23.5 Å². The lowest BCUT2D eigenvalue weighted by atomic mass is 9.66. The molecule has 4 heteroatoms. The zero-order valence-corrected chi connectivity index (χ0v) is 20.2. The summed E-state index contributed by atoms with van der Waals surface area (Å²) in [7, 11) is 0. The van der Waals surface area contributed by atoms with Gasteiger partial charge >= 0.3 is 0 Å². The number of aromatic nitrogens is 1. The molecule has 4 nitrogen and oxygen atoms in total. The fourth-order valence-corrected chi connectivity index (χ4v) is 7.70. The zero-order valence-electron chi connectivity index (χ0n) is 20.2. The molecule has 35 heavy (non-hydrogen) atoms. The number of hydrogen-bond acceptors (Lipinski definition) is 3. The van der Waals surface area contributed by atoms with Crippen LogP contribution in [-0.4, -0.2) is 4.57 Å². The molecule has 1 fully saturated rings. The average molecular weight is 458 g/mol. The fraction of sp³-hybridized carbons (Fsp3) is 0.355. The van der Waals surface area contributed by atoms with Gasteiger partial charge in [-0.1, -0.05) is 50.2 Å². The predicted octanol–water partition coefficient (Wildman–Crippen LogP) is 7.88. The summed E-state index contributed by atoms with van der Waals surface area (Å²) in [6.07, 6.45) is 6.16. The normalized spacial score (nSPS) is 21.3. The van der Waals surface area contributed by atoms with Crippen LogP contribution in [0.15, 0.2) is 52.5 Å². The first-order chi connectivity index (χ1) is 17.2. The standard InChI is InChI=1S/C31H27N3O/c1-3-31(4-2)23-10-7-9-22-21-8-5-6-11-24(21)34(28(22)23)30-27(31)26-19-14-12-18(13-15-19)25(29(26)35-30)20(16-32)17-33/h5-11,18-19H,3-4,12-15H2,1-2H3. The molecule has 2 aromatic carbocycles. The summed E-state index contributed by atoms with van der Waals surface area (Å²) in [4.78, 5) is 0. The number of nitriles is 2. The van der Waals surface area contributed by atoms with Crippen molar-refractivity contribution in [3.8, 4) is 18.0 Å². The van der Waals surface area contributed by atoms with Gasteiger partial charge in [0.2, 0.25) is 5.88 Å². The highest BCUT2D eigenvalue weighted by molar-refractivity contribution is 6.11. The highest BCUT2D eigenvalue weighted by atomic mass is 16.4. The van der Waals surface area contributed by atoms with E-state index in [9.17, 15) is 10.5 Å². The molecule has 0 amide bonds. The minimum Gasteiger partial charge on any atom is -0.439 e. The lowest BCUT2D eigenvalue weighted by molar-refractivity contribution is 0.384. The van der Waals surface area contributed by atoms with Gasteiger partial charge in [0.15, 0.2) is 0 Å². The van der Waals surface area contributed by atoms with Crippen LogP contribution in [0, 0.1) is 28.6 Å². The number of nitrogens with zero attached hydrogens (tertiary/aromatic N) is 3. The molecule has 2 bridgehead atoms. The molecule has 2 aromatic heterocycles. The monoisotopic (exact) mass is 457 g/mol. The van der Waals surface area contributed by atoms with Crippen molar-refractivity contribution in [3.63, 3.8) is 0 Å². The third kappa shape index (κ3) is 2.35. The molecule has 0 radical (unpaired) electrons. The number of furan rings is 1. The van der Waals surface area contributed by atoms with E-state index in [1.165, 1.54) is 33.0 Å². The number of allylic oxidation sites excluding steroid dienone is 2. The van der Waals surface area contributed by atoms with E-state index in [0.29, 0.717) is 5.92 Å². The summed E-state index contributed by atoms with van der Waals surface area (Å²) in [5, 5.41) is 22.3. The minimum atomic E-state index is -0.163. The Morgan fingerprint density at radius 1 is 0.943 bits per heavy atom. The lowest BCUT2D eigenvalue weighted by Crippen LogP contribution is -2.32. The molecule has 3 heterocycles. The first-order valence-electron chi connectivity index (χ1n) is 12.9. The smallest absolute Gasteiger partial charge is 0.209 e. The summed E-state index contributed by atoms with van der Waals surface area (Å²) in [5.74, 6) is 2.35. The topological polar surface area (TPSA) is 65.7 Å². The molecule has 4 aliphatic rings. The van der Waals surface area contributed by atoms with E-state index in [1.54, 1.807) is 0 Å². The minimum absolute atomic E-state index is 0.163. The van der Waals surface area contributed by atoms with E-state index in [-0.39, 0.29) is 16.9 Å². The molecule has 0 N–H and O–H groups in total. The van der Waals surface area contributed by atoms with Crippen LogP contribution in [0.5, 0.6) is 0 Å². The second kappa shape index (κ2) is 7.12. The van der Waals surface area contributed by atoms with E-state index in [0.717, 1.165) is 61.3 Å². The maximum atomic E-state index is 9.92. The van der Waals surface area contributed by atoms with Gasteiger partial charge in [-0.2, -0.15) is 10.5 Å². The SMILES string of the molecule is CCC1(CC)c2c(oc3c2C2CCC(CC2)C3=C(C#N)C#N)-n2c3ccccc3c3cccc1c32. The molecule has 0 unspecified atom stereocenters. The molecular weight excluding hydrogens is 430 g/mol. The zero-order chi connectivity index (χ0) is 23.9. The Hall–Kier alpha value is -3.76. The van der Waals surface area contributed by atoms with Crippen LogP contribution in [0.3, 0.4) is 0 Å². The average Bonchev–Trinajstić information content (AvgIpc) is 3.37. The molecule has 0 spiro atoms. The molecule has 1 saturated carbocycles. The summed E-state index contributed by atoms with van der Waals surface area (Å²) in [6, 6.07) is 19.8. The molecule has 172 valence electrons. The maximum Gasteiger partial charge on any atom is 0.209 e. The third-order valence-electron chi connectivity index (χ3n) is 9.31. The molecule has 0 saturated heterocycles. The Bertz CT molecular complexity index is 1640. The van der Waals surface area contributed by atoms with Crippen molar-refractivity contribution in [1.82, 2.24) is 4.57 Å². The van der Waals surface area contributed by atoms with Crippen LogP contribution >= 0.6 is 0 Å². The van der Waals surface area contributed by atoms with Gasteiger partial charge in [-0.05, 0) is 62.0 Å². The van der Waals surface area contributed by atoms with Crippen molar-refractivity contribution in [1.29, 1.82) is 10.5 Å². The summed E-state index contributed by atoms with van der Waals surface area (Å²) in [5.41, 5.74) is 7.27. The Kier molecular flexibility index (Phi) is 4.19. The largest absolute Gasteiger partial charge is 0.439 e. The van der Waals surface area contributed by atoms with Crippen molar-refractivity contribution in [3.05, 3.63) is 70.5 Å². The van der Waals surface area contributed by atoms with Crippen LogP contribution < -0.4 is 0 Å². The Labute approximate surface area is 205 Å². The number of para-hydroxylation sites is 2. The van der Waals surface area contributed by atoms with Crippen LogP contribution in [0.25, 0.3) is 33.3 Å². The van der Waals surface area contributed by atoms with Gasteiger partial charge in [-0.3, -0.25) is 4.57 Å². The first-order valence-corrected chi connectivity index (χ1v) is 12.9. The molecule has 0 atom stereocenters. The highest BCUT2D eigenvalue weighted by Gasteiger charge is 2.49. The van der Waals surface area contributed by atoms with Gasteiger partial charge in [-0.25, -0.2) is 0 Å². The molecular formula is C31H27N3O. The second-order valence-corrected chi connectivity index (χ2v) is 10.4. The van der Waals surface area contributed by atoms with Gasteiger partial charge < -0.3 is 4.42 Å². The van der Waals surface area contributed by atoms with Crippen LogP contribution in [0.4, 0.5) is 0 Å². The Morgan fingerprint density at radius 2 is 1.63 bits per heavy atom. The maximum absolute atomic E-state index is 9.92. The quantitative estimate of drug-likeness (QED) is 0.288. The second-order valence-electron chi connectivity index (χ2n) is 10.4.